The number of rotatable bonds is 2. The molecule has 0 unspecified atom stereocenters. The zero-order chi connectivity index (χ0) is 17.0. The number of carbonyl (C=O) groups excluding carboxylic acids is 1. The largest absolute Gasteiger partial charge is 0.416 e. The maximum absolute atomic E-state index is 12.6. The Kier molecular flexibility index (Phi) is 5.23. The minimum Gasteiger partial charge on any atom is -0.332 e. The molecule has 0 aromatic heterocycles. The van der Waals surface area contributed by atoms with Crippen molar-refractivity contribution >= 4 is 40.5 Å². The first-order valence-corrected chi connectivity index (χ1v) is 7.09. The quantitative estimate of drug-likeness (QED) is 0.777. The van der Waals surface area contributed by atoms with Crippen molar-refractivity contribution in [3.63, 3.8) is 0 Å². The topological polar surface area (TPSA) is 41.1 Å². The van der Waals surface area contributed by atoms with Crippen molar-refractivity contribution in [3.05, 3.63) is 64.7 Å². The van der Waals surface area contributed by atoms with Crippen LogP contribution < -0.4 is 10.6 Å². The van der Waals surface area contributed by atoms with Crippen molar-refractivity contribution < 1.29 is 18.0 Å². The lowest BCUT2D eigenvalue weighted by Crippen LogP contribution is -2.34. The summed E-state index contributed by atoms with van der Waals surface area (Å²) >= 11 is 10.7. The monoisotopic (exact) mass is 358 g/mol. The van der Waals surface area contributed by atoms with E-state index in [1.807, 2.05) is 0 Å². The van der Waals surface area contributed by atoms with Crippen LogP contribution in [0.2, 0.25) is 5.02 Å². The van der Waals surface area contributed by atoms with E-state index in [2.05, 4.69) is 10.6 Å². The first-order chi connectivity index (χ1) is 10.8. The van der Waals surface area contributed by atoms with E-state index in [1.54, 1.807) is 12.1 Å². The van der Waals surface area contributed by atoms with Crippen LogP contribution in [0, 0.1) is 0 Å². The van der Waals surface area contributed by atoms with Gasteiger partial charge in [-0.1, -0.05) is 23.7 Å². The summed E-state index contributed by atoms with van der Waals surface area (Å²) in [5.74, 6) is -0.517. The highest BCUT2D eigenvalue weighted by Crippen LogP contribution is 2.30. The van der Waals surface area contributed by atoms with Gasteiger partial charge in [0.2, 0.25) is 0 Å². The van der Waals surface area contributed by atoms with Crippen molar-refractivity contribution in [2.24, 2.45) is 0 Å². The predicted octanol–water partition coefficient (Wildman–Crippen LogP) is 4.49. The highest BCUT2D eigenvalue weighted by atomic mass is 35.5. The zero-order valence-electron chi connectivity index (χ0n) is 11.4. The molecule has 0 spiro atoms. The van der Waals surface area contributed by atoms with Crippen LogP contribution in [0.1, 0.15) is 15.9 Å². The normalized spacial score (nSPS) is 11.0. The van der Waals surface area contributed by atoms with Crippen LogP contribution in [-0.2, 0) is 6.18 Å². The van der Waals surface area contributed by atoms with E-state index >= 15 is 0 Å². The lowest BCUT2D eigenvalue weighted by molar-refractivity contribution is -0.137. The summed E-state index contributed by atoms with van der Waals surface area (Å²) in [6, 6.07) is 10.7. The average Bonchev–Trinajstić information content (AvgIpc) is 2.46. The van der Waals surface area contributed by atoms with E-state index in [1.165, 1.54) is 24.3 Å². The fourth-order valence-corrected chi connectivity index (χ4v) is 2.14. The molecule has 2 aromatic carbocycles. The fourth-order valence-electron chi connectivity index (χ4n) is 1.74. The van der Waals surface area contributed by atoms with Gasteiger partial charge in [0.15, 0.2) is 5.11 Å². The van der Waals surface area contributed by atoms with E-state index in [9.17, 15) is 18.0 Å². The molecule has 0 aliphatic rings. The maximum atomic E-state index is 12.6. The van der Waals surface area contributed by atoms with Gasteiger partial charge in [-0.3, -0.25) is 10.1 Å². The Morgan fingerprint density at radius 1 is 1.09 bits per heavy atom. The third-order valence-corrected chi connectivity index (χ3v) is 3.20. The predicted molar refractivity (Wildman–Crippen MR) is 86.6 cm³/mol. The zero-order valence-corrected chi connectivity index (χ0v) is 13.0. The molecule has 1 amide bonds. The second-order valence-corrected chi connectivity index (χ2v) is 5.34. The van der Waals surface area contributed by atoms with Crippen LogP contribution in [0.3, 0.4) is 0 Å². The third-order valence-electron chi connectivity index (χ3n) is 2.76. The Labute approximate surface area is 140 Å². The van der Waals surface area contributed by atoms with Crippen LogP contribution >= 0.6 is 23.8 Å². The summed E-state index contributed by atoms with van der Waals surface area (Å²) in [7, 11) is 0. The summed E-state index contributed by atoms with van der Waals surface area (Å²) in [6.07, 6.45) is -4.46. The maximum Gasteiger partial charge on any atom is 0.416 e. The van der Waals surface area contributed by atoms with E-state index in [-0.39, 0.29) is 16.4 Å². The molecule has 0 saturated carbocycles. The molecule has 2 aromatic rings. The van der Waals surface area contributed by atoms with Crippen molar-refractivity contribution in [3.8, 4) is 0 Å². The van der Waals surface area contributed by atoms with Gasteiger partial charge in [-0.25, -0.2) is 0 Å². The molecule has 0 aliphatic heterocycles. The number of halogens is 4. The summed E-state index contributed by atoms with van der Waals surface area (Å²) < 4.78 is 37.9. The molecule has 0 radical (unpaired) electrons. The molecule has 0 saturated heterocycles. The second kappa shape index (κ2) is 6.97. The van der Waals surface area contributed by atoms with Gasteiger partial charge < -0.3 is 5.32 Å². The van der Waals surface area contributed by atoms with Crippen LogP contribution in [0.4, 0.5) is 18.9 Å². The van der Waals surface area contributed by atoms with Crippen LogP contribution in [-0.4, -0.2) is 11.0 Å². The van der Waals surface area contributed by atoms with Gasteiger partial charge in [0, 0.05) is 16.3 Å². The standard InChI is InChI=1S/C15H10ClF3N2OS/c16-11-5-1-3-9(7-11)13(22)21-14(23)20-12-6-2-4-10(8-12)15(17,18)19/h1-8H,(H2,20,21,22,23). The highest BCUT2D eigenvalue weighted by Gasteiger charge is 2.30. The van der Waals surface area contributed by atoms with Gasteiger partial charge >= 0.3 is 6.18 Å². The van der Waals surface area contributed by atoms with Crippen molar-refractivity contribution in [1.29, 1.82) is 0 Å². The summed E-state index contributed by atoms with van der Waals surface area (Å²) in [5, 5.41) is 5.18. The number of thiocarbonyl (C=S) groups is 1. The molecule has 3 nitrogen and oxygen atoms in total. The smallest absolute Gasteiger partial charge is 0.332 e. The van der Waals surface area contributed by atoms with E-state index in [0.717, 1.165) is 12.1 Å². The number of benzene rings is 2. The number of anilines is 1. The van der Waals surface area contributed by atoms with Crippen molar-refractivity contribution in [2.45, 2.75) is 6.18 Å². The van der Waals surface area contributed by atoms with Crippen molar-refractivity contribution in [2.75, 3.05) is 5.32 Å². The van der Waals surface area contributed by atoms with Gasteiger partial charge in [0.05, 0.1) is 5.56 Å². The molecule has 2 rings (SSSR count). The molecular formula is C15H10ClF3N2OS. The summed E-state index contributed by atoms with van der Waals surface area (Å²) in [6.45, 7) is 0. The first kappa shape index (κ1) is 17.2. The van der Waals surface area contributed by atoms with Crippen LogP contribution in [0.15, 0.2) is 48.5 Å². The SMILES string of the molecule is O=C(NC(=S)Nc1cccc(C(F)(F)F)c1)c1cccc(Cl)c1. The lowest BCUT2D eigenvalue weighted by Gasteiger charge is -2.12. The van der Waals surface area contributed by atoms with Gasteiger partial charge in [0.25, 0.3) is 5.91 Å². The Balaban J connectivity index is 2.04. The van der Waals surface area contributed by atoms with Crippen molar-refractivity contribution in [1.82, 2.24) is 5.32 Å². The number of hydrogen-bond acceptors (Lipinski definition) is 2. The minimum absolute atomic E-state index is 0.116. The van der Waals surface area contributed by atoms with Gasteiger partial charge in [-0.2, -0.15) is 13.2 Å². The average molecular weight is 359 g/mol. The molecule has 2 N–H and O–H groups in total. The Hall–Kier alpha value is -2.12. The molecular weight excluding hydrogens is 349 g/mol. The Bertz CT molecular complexity index is 749. The van der Waals surface area contributed by atoms with Gasteiger partial charge in [-0.05, 0) is 48.6 Å². The van der Waals surface area contributed by atoms with Gasteiger partial charge in [0.1, 0.15) is 0 Å². The number of amides is 1. The van der Waals surface area contributed by atoms with Crippen LogP contribution in [0.5, 0.6) is 0 Å². The summed E-state index contributed by atoms with van der Waals surface area (Å²) in [5.41, 5.74) is -0.409. The minimum atomic E-state index is -4.46. The lowest BCUT2D eigenvalue weighted by atomic mass is 10.2. The second-order valence-electron chi connectivity index (χ2n) is 4.50. The molecule has 0 atom stereocenters. The number of carbonyl (C=O) groups is 1. The number of nitrogens with one attached hydrogen (secondary N) is 2. The molecule has 0 heterocycles. The molecule has 0 fully saturated rings. The third kappa shape index (κ3) is 4.94. The van der Waals surface area contributed by atoms with Crippen LogP contribution in [0.25, 0.3) is 0 Å². The fraction of sp³-hybridized carbons (Fsp3) is 0.0667. The van der Waals surface area contributed by atoms with E-state index in [0.29, 0.717) is 5.02 Å². The molecule has 23 heavy (non-hydrogen) atoms. The molecule has 120 valence electrons. The van der Waals surface area contributed by atoms with Gasteiger partial charge in [-0.15, -0.1) is 0 Å². The van der Waals surface area contributed by atoms with E-state index in [4.69, 9.17) is 23.8 Å². The number of hydrogen-bond donors (Lipinski definition) is 2. The Morgan fingerprint density at radius 3 is 2.43 bits per heavy atom. The molecule has 8 heteroatoms. The first-order valence-electron chi connectivity index (χ1n) is 6.31. The highest BCUT2D eigenvalue weighted by molar-refractivity contribution is 7.80. The Morgan fingerprint density at radius 2 is 1.78 bits per heavy atom. The number of alkyl halides is 3. The molecule has 0 aliphatic carbocycles. The molecule has 0 bridgehead atoms. The summed E-state index contributed by atoms with van der Waals surface area (Å²) in [4.78, 5) is 11.9. The van der Waals surface area contributed by atoms with E-state index < -0.39 is 17.6 Å².